The average Bonchev–Trinajstić information content (AvgIpc) is 3.32. The first-order valence-corrected chi connectivity index (χ1v) is 9.94. The second-order valence-electron chi connectivity index (χ2n) is 7.46. The first-order chi connectivity index (χ1) is 14.6. The topological polar surface area (TPSA) is 117 Å². The van der Waals surface area contributed by atoms with Gasteiger partial charge in [-0.05, 0) is 12.1 Å². The highest BCUT2D eigenvalue weighted by Crippen LogP contribution is 2.41. The van der Waals surface area contributed by atoms with Gasteiger partial charge in [0.05, 0.1) is 24.6 Å². The maximum Gasteiger partial charge on any atom is 0.185 e. The molecule has 1 aromatic carbocycles. The van der Waals surface area contributed by atoms with E-state index in [-0.39, 0.29) is 12.4 Å². The van der Waals surface area contributed by atoms with E-state index in [0.29, 0.717) is 55.5 Å². The number of aryl methyl sites for hydroxylation is 1. The van der Waals surface area contributed by atoms with E-state index in [1.54, 1.807) is 11.6 Å². The third-order valence-electron chi connectivity index (χ3n) is 5.64. The van der Waals surface area contributed by atoms with Crippen LogP contribution in [-0.4, -0.2) is 63.8 Å². The lowest BCUT2D eigenvalue weighted by molar-refractivity contribution is 0.111. The van der Waals surface area contributed by atoms with Gasteiger partial charge in [-0.1, -0.05) is 12.1 Å². The minimum atomic E-state index is -0.876. The average molecular weight is 409 g/mol. The minimum Gasteiger partial charge on any atom is -0.396 e. The van der Waals surface area contributed by atoms with Gasteiger partial charge in [-0.2, -0.15) is 0 Å². The van der Waals surface area contributed by atoms with Gasteiger partial charge in [0, 0.05) is 33.2 Å². The number of anilines is 3. The van der Waals surface area contributed by atoms with Crippen molar-refractivity contribution in [2.24, 2.45) is 7.05 Å². The summed E-state index contributed by atoms with van der Waals surface area (Å²) in [6.45, 7) is 2.47. The van der Waals surface area contributed by atoms with E-state index in [1.807, 2.05) is 24.3 Å². The Morgan fingerprint density at radius 2 is 1.87 bits per heavy atom. The number of nitrogens with one attached hydrogen (secondary N) is 2. The number of aliphatic hydroxyl groups excluding tert-OH is 1. The zero-order valence-corrected chi connectivity index (χ0v) is 16.6. The Morgan fingerprint density at radius 3 is 2.50 bits per heavy atom. The van der Waals surface area contributed by atoms with Gasteiger partial charge in [-0.25, -0.2) is 15.0 Å². The number of hydrogen-bond acceptors (Lipinski definition) is 9. The Bertz CT molecular complexity index is 1080. The Kier molecular flexibility index (Phi) is 4.52. The number of ether oxygens (including phenoxy) is 1. The number of fused-ring (bicyclic) bond motifs is 2. The zero-order valence-electron chi connectivity index (χ0n) is 16.6. The molecule has 0 radical (unpaired) electrons. The third kappa shape index (κ3) is 2.87. The molecule has 4 heterocycles. The molecule has 2 aromatic heterocycles. The van der Waals surface area contributed by atoms with Crippen molar-refractivity contribution in [1.82, 2.24) is 19.5 Å². The predicted octanol–water partition coefficient (Wildman–Crippen LogP) is 1.09. The molecular formula is C20H23N7O3. The molecule has 3 N–H and O–H groups in total. The highest BCUT2D eigenvalue weighted by molar-refractivity contribution is 5.88. The number of morpholine rings is 1. The summed E-state index contributed by atoms with van der Waals surface area (Å²) in [5, 5.41) is 16.8. The minimum absolute atomic E-state index is 0.0623. The van der Waals surface area contributed by atoms with Crippen LogP contribution in [0.15, 0.2) is 24.3 Å². The SMILES string of the molecule is Cn1c(C=O)nc2c(N3CCOCC3)nc(C3(CCO)Nc4ccccc4N3)nc21. The molecule has 0 unspecified atom stereocenters. The van der Waals surface area contributed by atoms with Crippen LogP contribution in [-0.2, 0) is 17.4 Å². The molecule has 0 amide bonds. The first kappa shape index (κ1) is 18.8. The number of aldehydes is 1. The van der Waals surface area contributed by atoms with Gasteiger partial charge < -0.3 is 29.9 Å². The summed E-state index contributed by atoms with van der Waals surface area (Å²) < 4.78 is 7.16. The highest BCUT2D eigenvalue weighted by atomic mass is 16.5. The Labute approximate surface area is 172 Å². The van der Waals surface area contributed by atoms with Gasteiger partial charge >= 0.3 is 0 Å². The van der Waals surface area contributed by atoms with Gasteiger partial charge in [0.2, 0.25) is 0 Å². The van der Waals surface area contributed by atoms with Crippen LogP contribution in [0.25, 0.3) is 11.2 Å². The highest BCUT2D eigenvalue weighted by Gasteiger charge is 2.41. The quantitative estimate of drug-likeness (QED) is 0.532. The molecular weight excluding hydrogens is 386 g/mol. The normalized spacial score (nSPS) is 17.5. The van der Waals surface area contributed by atoms with Crippen LogP contribution in [0.3, 0.4) is 0 Å². The van der Waals surface area contributed by atoms with Crippen molar-refractivity contribution in [3.05, 3.63) is 35.9 Å². The van der Waals surface area contributed by atoms with Gasteiger partial charge in [0.25, 0.3) is 0 Å². The lowest BCUT2D eigenvalue weighted by Gasteiger charge is -2.32. The second-order valence-corrected chi connectivity index (χ2v) is 7.46. The van der Waals surface area contributed by atoms with E-state index in [4.69, 9.17) is 14.7 Å². The lowest BCUT2D eigenvalue weighted by atomic mass is 10.1. The van der Waals surface area contributed by atoms with Crippen LogP contribution in [0, 0.1) is 0 Å². The smallest absolute Gasteiger partial charge is 0.185 e. The Hall–Kier alpha value is -3.24. The molecule has 30 heavy (non-hydrogen) atoms. The van der Waals surface area contributed by atoms with Crippen molar-refractivity contribution >= 4 is 34.6 Å². The van der Waals surface area contributed by atoms with Crippen molar-refractivity contribution in [3.8, 4) is 0 Å². The molecule has 0 saturated carbocycles. The lowest BCUT2D eigenvalue weighted by Crippen LogP contribution is -2.43. The maximum absolute atomic E-state index is 11.5. The van der Waals surface area contributed by atoms with E-state index in [2.05, 4.69) is 20.5 Å². The molecule has 1 saturated heterocycles. The van der Waals surface area contributed by atoms with Gasteiger partial charge in [-0.15, -0.1) is 0 Å². The molecule has 0 aliphatic carbocycles. The molecule has 10 heteroatoms. The first-order valence-electron chi connectivity index (χ1n) is 9.94. The molecule has 0 bridgehead atoms. The fraction of sp³-hybridized carbons (Fsp3) is 0.400. The fourth-order valence-corrected chi connectivity index (χ4v) is 4.06. The van der Waals surface area contributed by atoms with Crippen molar-refractivity contribution in [3.63, 3.8) is 0 Å². The van der Waals surface area contributed by atoms with Crippen LogP contribution >= 0.6 is 0 Å². The van der Waals surface area contributed by atoms with Crippen LogP contribution in [0.5, 0.6) is 0 Å². The molecule has 5 rings (SSSR count). The summed E-state index contributed by atoms with van der Waals surface area (Å²) in [5.41, 5.74) is 2.11. The molecule has 0 atom stereocenters. The van der Waals surface area contributed by atoms with E-state index >= 15 is 0 Å². The van der Waals surface area contributed by atoms with Crippen LogP contribution in [0.4, 0.5) is 17.2 Å². The molecule has 3 aromatic rings. The van der Waals surface area contributed by atoms with Crippen molar-refractivity contribution in [2.75, 3.05) is 48.4 Å². The summed E-state index contributed by atoms with van der Waals surface area (Å²) in [5.74, 6) is 1.44. The van der Waals surface area contributed by atoms with Crippen LogP contribution in [0.2, 0.25) is 0 Å². The number of imidazole rings is 1. The summed E-state index contributed by atoms with van der Waals surface area (Å²) in [6.07, 6.45) is 1.07. The number of nitrogens with zero attached hydrogens (tertiary/aromatic N) is 5. The largest absolute Gasteiger partial charge is 0.396 e. The van der Waals surface area contributed by atoms with Gasteiger partial charge in [0.1, 0.15) is 0 Å². The molecule has 2 aliphatic rings. The summed E-state index contributed by atoms with van der Waals surface area (Å²) >= 11 is 0. The summed E-state index contributed by atoms with van der Waals surface area (Å²) in [6, 6.07) is 7.83. The van der Waals surface area contributed by atoms with E-state index in [1.165, 1.54) is 0 Å². The molecule has 2 aliphatic heterocycles. The summed E-state index contributed by atoms with van der Waals surface area (Å²) in [4.78, 5) is 27.8. The molecule has 1 fully saturated rings. The number of carbonyl (C=O) groups excluding carboxylic acids is 1. The molecule has 10 nitrogen and oxygen atoms in total. The number of para-hydroxylation sites is 2. The molecule has 0 spiro atoms. The standard InChI is InChI=1S/C20H23N7O3/c1-26-15(12-29)21-16-17(26)22-19(23-18(16)27-7-10-30-11-8-27)20(6-9-28)24-13-4-2-3-5-14(13)25-20/h2-5,12,24-25,28H,6-11H2,1H3. The fourth-order valence-electron chi connectivity index (χ4n) is 4.06. The number of rotatable bonds is 5. The number of aliphatic hydroxyl groups is 1. The van der Waals surface area contributed by atoms with E-state index in [9.17, 15) is 9.90 Å². The summed E-state index contributed by atoms with van der Waals surface area (Å²) in [7, 11) is 1.77. The van der Waals surface area contributed by atoms with Gasteiger partial charge in [0.15, 0.2) is 40.6 Å². The predicted molar refractivity (Wildman–Crippen MR) is 112 cm³/mol. The number of carbonyl (C=O) groups is 1. The number of aromatic nitrogens is 4. The van der Waals surface area contributed by atoms with E-state index in [0.717, 1.165) is 17.7 Å². The maximum atomic E-state index is 11.5. The van der Waals surface area contributed by atoms with Crippen molar-refractivity contribution in [2.45, 2.75) is 12.1 Å². The molecule has 156 valence electrons. The second kappa shape index (κ2) is 7.22. The number of benzene rings is 1. The Morgan fingerprint density at radius 1 is 1.17 bits per heavy atom. The van der Waals surface area contributed by atoms with Crippen molar-refractivity contribution in [1.29, 1.82) is 0 Å². The zero-order chi connectivity index (χ0) is 20.7. The van der Waals surface area contributed by atoms with E-state index < -0.39 is 5.66 Å². The van der Waals surface area contributed by atoms with Gasteiger partial charge in [-0.3, -0.25) is 4.79 Å². The number of hydrogen-bond donors (Lipinski definition) is 3. The third-order valence-corrected chi connectivity index (χ3v) is 5.64. The Balaban J connectivity index is 1.70. The van der Waals surface area contributed by atoms with Crippen LogP contribution < -0.4 is 15.5 Å². The van der Waals surface area contributed by atoms with Crippen LogP contribution in [0.1, 0.15) is 22.9 Å². The van der Waals surface area contributed by atoms with Crippen molar-refractivity contribution < 1.29 is 14.6 Å². The monoisotopic (exact) mass is 409 g/mol.